The molecule has 0 atom stereocenters. The van der Waals surface area contributed by atoms with E-state index in [1.165, 1.54) is 6.26 Å². The normalized spacial score (nSPS) is 10.5. The Hall–Kier alpha value is -1.69. The molecule has 1 aromatic heterocycles. The van der Waals surface area contributed by atoms with Crippen molar-refractivity contribution in [2.45, 2.75) is 6.42 Å². The molecule has 19 heavy (non-hydrogen) atoms. The van der Waals surface area contributed by atoms with Gasteiger partial charge in [0.25, 0.3) is 5.91 Å². The van der Waals surface area contributed by atoms with Gasteiger partial charge in [0, 0.05) is 17.4 Å². The van der Waals surface area contributed by atoms with Gasteiger partial charge in [-0.05, 0) is 24.3 Å². The first-order valence-electron chi connectivity index (χ1n) is 5.53. The minimum atomic E-state index is -0.901. The zero-order chi connectivity index (χ0) is 13.8. The molecule has 0 radical (unpaired) electrons. The van der Waals surface area contributed by atoms with E-state index in [9.17, 15) is 13.6 Å². The third-order valence-electron chi connectivity index (χ3n) is 2.47. The van der Waals surface area contributed by atoms with Crippen LogP contribution < -0.4 is 5.32 Å². The van der Waals surface area contributed by atoms with Gasteiger partial charge >= 0.3 is 0 Å². The summed E-state index contributed by atoms with van der Waals surface area (Å²) >= 11 is 2.95. The Morgan fingerprint density at radius 3 is 2.58 bits per heavy atom. The van der Waals surface area contributed by atoms with Crippen LogP contribution in [-0.4, -0.2) is 12.5 Å². The molecule has 0 saturated heterocycles. The predicted molar refractivity (Wildman–Crippen MR) is 68.8 cm³/mol. The van der Waals surface area contributed by atoms with Crippen LogP contribution in [0.5, 0.6) is 0 Å². The highest BCUT2D eigenvalue weighted by atomic mass is 79.9. The molecular formula is C13H10BrF2NO2. The van der Waals surface area contributed by atoms with Gasteiger partial charge in [0.05, 0.1) is 6.26 Å². The van der Waals surface area contributed by atoms with Gasteiger partial charge < -0.3 is 9.73 Å². The lowest BCUT2D eigenvalue weighted by Gasteiger charge is -2.06. The second-order valence-electron chi connectivity index (χ2n) is 3.83. The summed E-state index contributed by atoms with van der Waals surface area (Å²) in [5.41, 5.74) is -0.581. The standard InChI is InChI=1S/C13H10BrF2NO2/c14-8-6-10(15)12(11(16)7-8)13(18)17-4-3-9-2-1-5-19-9/h1-2,5-7H,3-4H2,(H,17,18). The van der Waals surface area contributed by atoms with Gasteiger partial charge in [-0.15, -0.1) is 0 Å². The van der Waals surface area contributed by atoms with Crippen LogP contribution in [0.2, 0.25) is 0 Å². The Bertz CT molecular complexity index is 561. The van der Waals surface area contributed by atoms with E-state index < -0.39 is 23.1 Å². The Morgan fingerprint density at radius 2 is 2.00 bits per heavy atom. The molecule has 0 spiro atoms. The fraction of sp³-hybridized carbons (Fsp3) is 0.154. The van der Waals surface area contributed by atoms with Gasteiger partial charge in [-0.3, -0.25) is 4.79 Å². The van der Waals surface area contributed by atoms with Crippen molar-refractivity contribution in [2.75, 3.05) is 6.54 Å². The lowest BCUT2D eigenvalue weighted by Crippen LogP contribution is -2.27. The summed E-state index contributed by atoms with van der Waals surface area (Å²) in [6, 6.07) is 5.58. The maximum atomic E-state index is 13.5. The minimum Gasteiger partial charge on any atom is -0.469 e. The second kappa shape index (κ2) is 5.97. The molecule has 0 bridgehead atoms. The minimum absolute atomic E-state index is 0.237. The van der Waals surface area contributed by atoms with Crippen molar-refractivity contribution in [3.63, 3.8) is 0 Å². The van der Waals surface area contributed by atoms with Crippen molar-refractivity contribution in [1.29, 1.82) is 0 Å². The zero-order valence-corrected chi connectivity index (χ0v) is 11.3. The van der Waals surface area contributed by atoms with Gasteiger partial charge in [0.2, 0.25) is 0 Å². The number of nitrogens with one attached hydrogen (secondary N) is 1. The average Bonchev–Trinajstić information content (AvgIpc) is 2.80. The monoisotopic (exact) mass is 329 g/mol. The lowest BCUT2D eigenvalue weighted by molar-refractivity contribution is 0.0945. The molecular weight excluding hydrogens is 320 g/mol. The van der Waals surface area contributed by atoms with Crippen molar-refractivity contribution in [3.8, 4) is 0 Å². The number of carbonyl (C=O) groups excluding carboxylic acids is 1. The quantitative estimate of drug-likeness (QED) is 0.935. The molecule has 0 aliphatic heterocycles. The number of benzene rings is 1. The molecule has 0 unspecified atom stereocenters. The highest BCUT2D eigenvalue weighted by Gasteiger charge is 2.17. The molecule has 2 rings (SSSR count). The molecule has 0 aliphatic rings. The summed E-state index contributed by atoms with van der Waals surface area (Å²) in [5.74, 6) is -1.89. The van der Waals surface area contributed by atoms with E-state index in [0.717, 1.165) is 12.1 Å². The smallest absolute Gasteiger partial charge is 0.257 e. The predicted octanol–water partition coefficient (Wildman–Crippen LogP) is 3.29. The van der Waals surface area contributed by atoms with Crippen LogP contribution in [0, 0.1) is 11.6 Å². The topological polar surface area (TPSA) is 42.2 Å². The van der Waals surface area contributed by atoms with E-state index in [2.05, 4.69) is 21.2 Å². The number of rotatable bonds is 4. The van der Waals surface area contributed by atoms with Gasteiger partial charge in [-0.1, -0.05) is 15.9 Å². The summed E-state index contributed by atoms with van der Waals surface area (Å²) in [5, 5.41) is 2.44. The van der Waals surface area contributed by atoms with Gasteiger partial charge in [-0.2, -0.15) is 0 Å². The Balaban J connectivity index is 2.00. The summed E-state index contributed by atoms with van der Waals surface area (Å²) in [6.45, 7) is 0.237. The molecule has 0 fully saturated rings. The van der Waals surface area contributed by atoms with Crippen molar-refractivity contribution in [2.24, 2.45) is 0 Å². The van der Waals surface area contributed by atoms with E-state index in [1.54, 1.807) is 12.1 Å². The third kappa shape index (κ3) is 3.41. The Labute approximate surface area is 116 Å². The molecule has 100 valence electrons. The molecule has 1 heterocycles. The van der Waals surface area contributed by atoms with Crippen LogP contribution in [-0.2, 0) is 6.42 Å². The molecule has 1 amide bonds. The molecule has 1 N–H and O–H groups in total. The van der Waals surface area contributed by atoms with Crippen LogP contribution in [0.3, 0.4) is 0 Å². The van der Waals surface area contributed by atoms with Crippen molar-refractivity contribution < 1.29 is 18.0 Å². The SMILES string of the molecule is O=C(NCCc1ccco1)c1c(F)cc(Br)cc1F. The molecule has 1 aromatic carbocycles. The average molecular weight is 330 g/mol. The number of halogens is 3. The Morgan fingerprint density at radius 1 is 1.32 bits per heavy atom. The largest absolute Gasteiger partial charge is 0.469 e. The van der Waals surface area contributed by atoms with E-state index in [0.29, 0.717) is 12.2 Å². The molecule has 0 saturated carbocycles. The van der Waals surface area contributed by atoms with Crippen molar-refractivity contribution in [1.82, 2.24) is 5.32 Å². The highest BCUT2D eigenvalue weighted by Crippen LogP contribution is 2.19. The molecule has 6 heteroatoms. The molecule has 0 aliphatic carbocycles. The van der Waals surface area contributed by atoms with Crippen LogP contribution in [0.15, 0.2) is 39.4 Å². The van der Waals surface area contributed by atoms with Crippen LogP contribution >= 0.6 is 15.9 Å². The summed E-state index contributed by atoms with van der Waals surface area (Å²) in [4.78, 5) is 11.7. The highest BCUT2D eigenvalue weighted by molar-refractivity contribution is 9.10. The van der Waals surface area contributed by atoms with E-state index in [1.807, 2.05) is 0 Å². The van der Waals surface area contributed by atoms with E-state index in [-0.39, 0.29) is 11.0 Å². The number of carbonyl (C=O) groups is 1. The summed E-state index contributed by atoms with van der Waals surface area (Å²) in [7, 11) is 0. The Kier molecular flexibility index (Phi) is 4.31. The molecule has 3 nitrogen and oxygen atoms in total. The number of furan rings is 1. The first-order chi connectivity index (χ1) is 9.08. The van der Waals surface area contributed by atoms with Gasteiger partial charge in [-0.25, -0.2) is 8.78 Å². The fourth-order valence-electron chi connectivity index (χ4n) is 1.60. The third-order valence-corrected chi connectivity index (χ3v) is 2.93. The maximum Gasteiger partial charge on any atom is 0.257 e. The van der Waals surface area contributed by atoms with Gasteiger partial charge in [0.1, 0.15) is 23.0 Å². The van der Waals surface area contributed by atoms with Crippen LogP contribution in [0.1, 0.15) is 16.1 Å². The first kappa shape index (κ1) is 13.7. The van der Waals surface area contributed by atoms with Crippen molar-refractivity contribution >= 4 is 21.8 Å². The van der Waals surface area contributed by atoms with Gasteiger partial charge in [0.15, 0.2) is 0 Å². The summed E-state index contributed by atoms with van der Waals surface area (Å²) < 4.78 is 32.3. The number of hydrogen-bond acceptors (Lipinski definition) is 2. The lowest BCUT2D eigenvalue weighted by atomic mass is 10.2. The van der Waals surface area contributed by atoms with E-state index in [4.69, 9.17) is 4.42 Å². The van der Waals surface area contributed by atoms with E-state index >= 15 is 0 Å². The van der Waals surface area contributed by atoms with Crippen LogP contribution in [0.25, 0.3) is 0 Å². The number of amides is 1. The zero-order valence-electron chi connectivity index (χ0n) is 9.75. The van der Waals surface area contributed by atoms with Crippen LogP contribution in [0.4, 0.5) is 8.78 Å². The first-order valence-corrected chi connectivity index (χ1v) is 6.32. The maximum absolute atomic E-state index is 13.5. The summed E-state index contributed by atoms with van der Waals surface area (Å²) in [6.07, 6.45) is 1.98. The van der Waals surface area contributed by atoms with Crippen molar-refractivity contribution in [3.05, 3.63) is 58.0 Å². The molecule has 2 aromatic rings. The number of hydrogen-bond donors (Lipinski definition) is 1. The fourth-order valence-corrected chi connectivity index (χ4v) is 2.00. The second-order valence-corrected chi connectivity index (χ2v) is 4.75.